The first-order valence-electron chi connectivity index (χ1n) is 4.87. The molecule has 15 heavy (non-hydrogen) atoms. The van der Waals surface area contributed by atoms with Crippen LogP contribution in [0.4, 0.5) is 0 Å². The fourth-order valence-corrected chi connectivity index (χ4v) is 2.22. The summed E-state index contributed by atoms with van der Waals surface area (Å²) in [5.74, 6) is 0.133. The molecule has 0 unspecified atom stereocenters. The van der Waals surface area contributed by atoms with Gasteiger partial charge in [0, 0.05) is 5.33 Å². The third kappa shape index (κ3) is 2.59. The van der Waals surface area contributed by atoms with Crippen molar-refractivity contribution in [2.75, 3.05) is 7.11 Å². The van der Waals surface area contributed by atoms with Crippen LogP contribution in [0.25, 0.3) is 0 Å². The second-order valence-electron chi connectivity index (χ2n) is 3.65. The molecule has 3 heteroatoms. The van der Waals surface area contributed by atoms with Crippen molar-refractivity contribution in [1.82, 2.24) is 0 Å². The fraction of sp³-hybridized carbons (Fsp3) is 0.417. The lowest BCUT2D eigenvalue weighted by Crippen LogP contribution is -2.07. The molecule has 0 fully saturated rings. The van der Waals surface area contributed by atoms with E-state index in [-0.39, 0.29) is 5.97 Å². The van der Waals surface area contributed by atoms with Gasteiger partial charge in [0.25, 0.3) is 0 Å². The molecule has 0 spiro atoms. The van der Waals surface area contributed by atoms with E-state index in [0.29, 0.717) is 16.8 Å². The van der Waals surface area contributed by atoms with Gasteiger partial charge in [0.2, 0.25) is 0 Å². The molecule has 0 aromatic heterocycles. The van der Waals surface area contributed by atoms with Gasteiger partial charge in [0.05, 0.1) is 12.7 Å². The predicted octanol–water partition coefficient (Wildman–Crippen LogP) is 3.49. The zero-order valence-electron chi connectivity index (χ0n) is 9.21. The summed E-state index contributed by atoms with van der Waals surface area (Å²) in [6, 6.07) is 5.75. The molecule has 0 aliphatic carbocycles. The first-order valence-corrected chi connectivity index (χ1v) is 6.00. The van der Waals surface area contributed by atoms with Gasteiger partial charge >= 0.3 is 5.97 Å². The molecule has 0 amide bonds. The average Bonchev–Trinajstić information content (AvgIpc) is 2.26. The topological polar surface area (TPSA) is 26.3 Å². The Morgan fingerprint density at radius 3 is 2.60 bits per heavy atom. The molecule has 0 bridgehead atoms. The van der Waals surface area contributed by atoms with Crippen molar-refractivity contribution < 1.29 is 9.53 Å². The van der Waals surface area contributed by atoms with Gasteiger partial charge in [-0.2, -0.15) is 0 Å². The zero-order valence-corrected chi connectivity index (χ0v) is 10.8. The summed E-state index contributed by atoms with van der Waals surface area (Å²) in [4.78, 5) is 11.5. The van der Waals surface area contributed by atoms with Crippen molar-refractivity contribution >= 4 is 21.9 Å². The molecule has 0 heterocycles. The quantitative estimate of drug-likeness (QED) is 0.621. The molecule has 0 atom stereocenters. The van der Waals surface area contributed by atoms with Crippen molar-refractivity contribution in [3.8, 4) is 0 Å². The van der Waals surface area contributed by atoms with Crippen LogP contribution in [0.1, 0.15) is 41.3 Å². The van der Waals surface area contributed by atoms with Gasteiger partial charge in [0.15, 0.2) is 0 Å². The van der Waals surface area contributed by atoms with Gasteiger partial charge < -0.3 is 4.74 Å². The lowest BCUT2D eigenvalue weighted by atomic mass is 9.94. The third-order valence-electron chi connectivity index (χ3n) is 2.37. The minimum atomic E-state index is -0.271. The lowest BCUT2D eigenvalue weighted by Gasteiger charge is -2.14. The van der Waals surface area contributed by atoms with Crippen molar-refractivity contribution in [2.24, 2.45) is 0 Å². The predicted molar refractivity (Wildman–Crippen MR) is 64.5 cm³/mol. The van der Waals surface area contributed by atoms with E-state index < -0.39 is 0 Å². The summed E-state index contributed by atoms with van der Waals surface area (Å²) in [7, 11) is 1.41. The number of hydrogen-bond acceptors (Lipinski definition) is 2. The smallest absolute Gasteiger partial charge is 0.338 e. The second kappa shape index (κ2) is 5.31. The first-order chi connectivity index (χ1) is 7.11. The Labute approximate surface area is 98.8 Å². The molecule has 0 saturated carbocycles. The van der Waals surface area contributed by atoms with Gasteiger partial charge in [-0.15, -0.1) is 0 Å². The van der Waals surface area contributed by atoms with E-state index in [9.17, 15) is 4.79 Å². The summed E-state index contributed by atoms with van der Waals surface area (Å²) in [6.07, 6.45) is 0. The first kappa shape index (κ1) is 12.2. The molecule has 0 aliphatic rings. The average molecular weight is 271 g/mol. The summed E-state index contributed by atoms with van der Waals surface area (Å²) >= 11 is 3.42. The third-order valence-corrected chi connectivity index (χ3v) is 2.93. The molecule has 0 N–H and O–H groups in total. The molecular formula is C12H15BrO2. The van der Waals surface area contributed by atoms with E-state index >= 15 is 0 Å². The number of alkyl halides is 1. The van der Waals surface area contributed by atoms with Gasteiger partial charge in [-0.1, -0.05) is 41.9 Å². The number of methoxy groups -OCH3 is 1. The highest BCUT2D eigenvalue weighted by Crippen LogP contribution is 2.25. The van der Waals surface area contributed by atoms with E-state index in [1.54, 1.807) is 6.07 Å². The maximum atomic E-state index is 11.5. The molecule has 1 rings (SSSR count). The number of carbonyl (C=O) groups excluding carboxylic acids is 1. The maximum absolute atomic E-state index is 11.5. The number of esters is 1. The highest BCUT2D eigenvalue weighted by Gasteiger charge is 2.15. The summed E-state index contributed by atoms with van der Waals surface area (Å²) in [5.41, 5.74) is 2.87. The molecule has 1 aromatic carbocycles. The Morgan fingerprint density at radius 1 is 1.47 bits per heavy atom. The van der Waals surface area contributed by atoms with E-state index in [0.717, 1.165) is 5.56 Å². The van der Waals surface area contributed by atoms with Gasteiger partial charge in [-0.25, -0.2) is 4.79 Å². The van der Waals surface area contributed by atoms with E-state index in [2.05, 4.69) is 29.8 Å². The fourth-order valence-electron chi connectivity index (χ4n) is 1.60. The van der Waals surface area contributed by atoms with E-state index in [1.165, 1.54) is 12.7 Å². The molecular weight excluding hydrogens is 256 g/mol. The van der Waals surface area contributed by atoms with Crippen LogP contribution in [-0.4, -0.2) is 13.1 Å². The van der Waals surface area contributed by atoms with Crippen LogP contribution in [0.15, 0.2) is 18.2 Å². The molecule has 1 aromatic rings. The Kier molecular flexibility index (Phi) is 4.33. The van der Waals surface area contributed by atoms with Crippen LogP contribution in [0.2, 0.25) is 0 Å². The SMILES string of the molecule is COC(=O)c1cccc(C(C)C)c1CBr. The van der Waals surface area contributed by atoms with Crippen LogP contribution in [0, 0.1) is 0 Å². The van der Waals surface area contributed by atoms with E-state index in [1.807, 2.05) is 12.1 Å². The monoisotopic (exact) mass is 270 g/mol. The number of halogens is 1. The van der Waals surface area contributed by atoms with Gasteiger partial charge in [0.1, 0.15) is 0 Å². The summed E-state index contributed by atoms with van der Waals surface area (Å²) in [6.45, 7) is 4.23. The number of benzene rings is 1. The highest BCUT2D eigenvalue weighted by atomic mass is 79.9. The number of hydrogen-bond donors (Lipinski definition) is 0. The van der Waals surface area contributed by atoms with Crippen molar-refractivity contribution in [3.05, 3.63) is 34.9 Å². The van der Waals surface area contributed by atoms with Gasteiger partial charge in [-0.05, 0) is 23.1 Å². The largest absolute Gasteiger partial charge is 0.465 e. The number of carbonyl (C=O) groups is 1. The Hall–Kier alpha value is -0.830. The van der Waals surface area contributed by atoms with Crippen molar-refractivity contribution in [3.63, 3.8) is 0 Å². The van der Waals surface area contributed by atoms with E-state index in [4.69, 9.17) is 4.74 Å². The van der Waals surface area contributed by atoms with Crippen molar-refractivity contribution in [2.45, 2.75) is 25.1 Å². The van der Waals surface area contributed by atoms with Crippen LogP contribution < -0.4 is 0 Å². The molecule has 0 radical (unpaired) electrons. The molecule has 82 valence electrons. The summed E-state index contributed by atoms with van der Waals surface area (Å²) < 4.78 is 4.75. The van der Waals surface area contributed by atoms with Crippen molar-refractivity contribution in [1.29, 1.82) is 0 Å². The minimum Gasteiger partial charge on any atom is -0.465 e. The maximum Gasteiger partial charge on any atom is 0.338 e. The second-order valence-corrected chi connectivity index (χ2v) is 4.21. The summed E-state index contributed by atoms with van der Waals surface area (Å²) in [5, 5.41) is 0.672. The molecule has 0 saturated heterocycles. The molecule has 2 nitrogen and oxygen atoms in total. The number of ether oxygens (including phenoxy) is 1. The lowest BCUT2D eigenvalue weighted by molar-refractivity contribution is 0.0599. The zero-order chi connectivity index (χ0) is 11.4. The highest BCUT2D eigenvalue weighted by molar-refractivity contribution is 9.08. The van der Waals surface area contributed by atoms with Crippen LogP contribution >= 0.6 is 15.9 Å². The van der Waals surface area contributed by atoms with Crippen LogP contribution in [0.5, 0.6) is 0 Å². The number of rotatable bonds is 3. The standard InChI is InChI=1S/C12H15BrO2/c1-8(2)9-5-4-6-10(11(9)7-13)12(14)15-3/h4-6,8H,7H2,1-3H3. The van der Waals surface area contributed by atoms with Crippen LogP contribution in [-0.2, 0) is 10.1 Å². The van der Waals surface area contributed by atoms with Gasteiger partial charge in [-0.3, -0.25) is 0 Å². The van der Waals surface area contributed by atoms with Crippen LogP contribution in [0.3, 0.4) is 0 Å². The Balaban J connectivity index is 3.28. The Bertz CT molecular complexity index is 359. The molecule has 0 aliphatic heterocycles. The minimum absolute atomic E-state index is 0.271. The normalized spacial score (nSPS) is 10.5. The Morgan fingerprint density at radius 2 is 2.13 bits per heavy atom.